The van der Waals surface area contributed by atoms with E-state index in [-0.39, 0.29) is 22.8 Å². The van der Waals surface area contributed by atoms with E-state index in [0.29, 0.717) is 11.3 Å². The monoisotopic (exact) mass is 372 g/mol. The van der Waals surface area contributed by atoms with Crippen LogP contribution in [-0.4, -0.2) is 43.0 Å². The Morgan fingerprint density at radius 2 is 1.89 bits per heavy atom. The first kappa shape index (κ1) is 17.9. The van der Waals surface area contributed by atoms with Gasteiger partial charge < -0.3 is 14.8 Å². The molecule has 2 aromatic heterocycles. The van der Waals surface area contributed by atoms with Crippen LogP contribution in [0.5, 0.6) is 5.75 Å². The van der Waals surface area contributed by atoms with E-state index in [1.807, 2.05) is 0 Å². The number of carboxylic acid groups (broad SMARTS) is 1. The third-order valence-corrected chi connectivity index (χ3v) is 3.93. The molecule has 2 heterocycles. The molecule has 0 aliphatic heterocycles. The number of hydrogen-bond acceptors (Lipinski definition) is 7. The van der Waals surface area contributed by atoms with Crippen LogP contribution in [0.15, 0.2) is 39.0 Å². The summed E-state index contributed by atoms with van der Waals surface area (Å²) >= 11 is 0. The van der Waals surface area contributed by atoms with E-state index in [9.17, 15) is 19.5 Å². The van der Waals surface area contributed by atoms with E-state index in [2.05, 4.69) is 20.5 Å². The Balaban J connectivity index is 2.00. The van der Waals surface area contributed by atoms with Crippen molar-refractivity contribution in [1.29, 1.82) is 0 Å². The summed E-state index contributed by atoms with van der Waals surface area (Å²) in [6.45, 7) is 0. The second-order valence-electron chi connectivity index (χ2n) is 5.60. The number of nitrogens with zero attached hydrogens (tertiary/aromatic N) is 4. The number of hydrogen-bond donors (Lipinski definition) is 3. The number of carboxylic acids is 1. The molecule has 3 rings (SSSR count). The molecule has 140 valence electrons. The number of aromatic amines is 1. The van der Waals surface area contributed by atoms with E-state index in [1.54, 1.807) is 24.3 Å². The fraction of sp³-hybridized carbons (Fsp3) is 0.188. The first-order valence-electron chi connectivity index (χ1n) is 7.70. The number of aromatic nitrogens is 4. The van der Waals surface area contributed by atoms with Gasteiger partial charge in [-0.25, -0.2) is 15.0 Å². The summed E-state index contributed by atoms with van der Waals surface area (Å²) < 4.78 is 7.17. The number of aliphatic carboxylic acids is 1. The Bertz CT molecular complexity index is 1170. The van der Waals surface area contributed by atoms with E-state index in [1.165, 1.54) is 25.8 Å². The largest absolute Gasteiger partial charge is 0.497 e. The van der Waals surface area contributed by atoms with Gasteiger partial charge >= 0.3 is 11.7 Å². The minimum atomic E-state index is -1.26. The predicted octanol–water partition coefficient (Wildman–Crippen LogP) is -0.130. The first-order valence-corrected chi connectivity index (χ1v) is 7.70. The summed E-state index contributed by atoms with van der Waals surface area (Å²) in [5, 5.41) is 13.3. The maximum atomic E-state index is 12.2. The molecule has 0 aliphatic carbocycles. The molecule has 0 atom stereocenters. The zero-order valence-electron chi connectivity index (χ0n) is 14.7. The fourth-order valence-electron chi connectivity index (χ4n) is 2.47. The van der Waals surface area contributed by atoms with Crippen LogP contribution in [0.2, 0.25) is 0 Å². The molecular weight excluding hydrogens is 356 g/mol. The van der Waals surface area contributed by atoms with Crippen LogP contribution in [-0.2, 0) is 18.9 Å². The van der Waals surface area contributed by atoms with Gasteiger partial charge in [0, 0.05) is 19.7 Å². The van der Waals surface area contributed by atoms with Gasteiger partial charge in [-0.15, -0.1) is 0 Å². The molecule has 3 aromatic rings. The number of hydrazone groups is 1. The molecule has 11 nitrogen and oxygen atoms in total. The lowest BCUT2D eigenvalue weighted by atomic mass is 10.1. The number of anilines is 1. The van der Waals surface area contributed by atoms with E-state index in [0.717, 1.165) is 4.57 Å². The summed E-state index contributed by atoms with van der Waals surface area (Å²) in [6.07, 6.45) is 0. The number of nitrogens with one attached hydrogen (secondary N) is 2. The Hall–Kier alpha value is -3.89. The topological polar surface area (TPSA) is 144 Å². The minimum Gasteiger partial charge on any atom is -0.497 e. The lowest BCUT2D eigenvalue weighted by Gasteiger charge is -2.04. The molecule has 0 aliphatic rings. The molecule has 0 unspecified atom stereocenters. The zero-order chi connectivity index (χ0) is 19.7. The standard InChI is InChI=1S/C16H16N6O5/c1-21-12-11(13(23)22(2)16(21)26)17-15(18-12)20-19-10(14(24)25)8-4-6-9(27-3)7-5-8/h4-7H,1-3H3,(H,24,25)(H2,17,18,20)/b19-10-. The fourth-order valence-corrected chi connectivity index (χ4v) is 2.47. The Morgan fingerprint density at radius 3 is 2.48 bits per heavy atom. The molecule has 0 fully saturated rings. The lowest BCUT2D eigenvalue weighted by molar-refractivity contribution is -0.129. The summed E-state index contributed by atoms with van der Waals surface area (Å²) in [5.41, 5.74) is 1.70. The minimum absolute atomic E-state index is 0.0237. The van der Waals surface area contributed by atoms with Gasteiger partial charge in [0.05, 0.1) is 7.11 Å². The average molecular weight is 372 g/mol. The van der Waals surface area contributed by atoms with Crippen molar-refractivity contribution < 1.29 is 14.6 Å². The van der Waals surface area contributed by atoms with Crippen LogP contribution in [0.4, 0.5) is 5.95 Å². The van der Waals surface area contributed by atoms with E-state index < -0.39 is 17.2 Å². The molecule has 0 amide bonds. The summed E-state index contributed by atoms with van der Waals surface area (Å²) in [4.78, 5) is 42.4. The van der Waals surface area contributed by atoms with Crippen LogP contribution < -0.4 is 21.4 Å². The number of ether oxygens (including phenoxy) is 1. The highest BCUT2D eigenvalue weighted by Gasteiger charge is 2.15. The molecule has 11 heteroatoms. The molecule has 0 bridgehead atoms. The molecule has 0 saturated heterocycles. The highest BCUT2D eigenvalue weighted by atomic mass is 16.5. The van der Waals surface area contributed by atoms with Gasteiger partial charge in [0.15, 0.2) is 16.9 Å². The first-order chi connectivity index (χ1) is 12.8. The van der Waals surface area contributed by atoms with Gasteiger partial charge in [0.1, 0.15) is 5.75 Å². The Labute approximate surface area is 151 Å². The number of imidazole rings is 1. The molecule has 0 radical (unpaired) electrons. The number of methoxy groups -OCH3 is 1. The highest BCUT2D eigenvalue weighted by Crippen LogP contribution is 2.13. The van der Waals surface area contributed by atoms with E-state index >= 15 is 0 Å². The summed E-state index contributed by atoms with van der Waals surface area (Å²) in [5.74, 6) is -0.659. The summed E-state index contributed by atoms with van der Waals surface area (Å²) in [7, 11) is 4.32. The van der Waals surface area contributed by atoms with Crippen LogP contribution in [0.1, 0.15) is 5.56 Å². The number of H-pyrrole nitrogens is 1. The van der Waals surface area contributed by atoms with Crippen molar-refractivity contribution in [3.63, 3.8) is 0 Å². The summed E-state index contributed by atoms with van der Waals surface area (Å²) in [6, 6.07) is 6.31. The van der Waals surface area contributed by atoms with Gasteiger partial charge in [0.25, 0.3) is 5.56 Å². The Kier molecular flexibility index (Phi) is 4.50. The van der Waals surface area contributed by atoms with Gasteiger partial charge in [-0.2, -0.15) is 10.1 Å². The number of rotatable bonds is 5. The van der Waals surface area contributed by atoms with Crippen molar-refractivity contribution in [2.75, 3.05) is 12.5 Å². The molecular formula is C16H16N6O5. The van der Waals surface area contributed by atoms with Gasteiger partial charge in [-0.05, 0) is 24.3 Å². The molecule has 27 heavy (non-hydrogen) atoms. The molecule has 0 saturated carbocycles. The maximum Gasteiger partial charge on any atom is 0.356 e. The van der Waals surface area contributed by atoms with Crippen molar-refractivity contribution in [3.8, 4) is 5.75 Å². The highest BCUT2D eigenvalue weighted by molar-refractivity contribution is 6.42. The van der Waals surface area contributed by atoms with Gasteiger partial charge in [-0.3, -0.25) is 13.9 Å². The number of aryl methyl sites for hydroxylation is 1. The second kappa shape index (κ2) is 6.78. The van der Waals surface area contributed by atoms with Crippen LogP contribution in [0, 0.1) is 0 Å². The number of carbonyl (C=O) groups is 1. The van der Waals surface area contributed by atoms with Crippen molar-refractivity contribution in [2.45, 2.75) is 0 Å². The Morgan fingerprint density at radius 1 is 1.22 bits per heavy atom. The zero-order valence-corrected chi connectivity index (χ0v) is 14.7. The van der Waals surface area contributed by atoms with Gasteiger partial charge in [-0.1, -0.05) is 0 Å². The second-order valence-corrected chi connectivity index (χ2v) is 5.60. The number of fused-ring (bicyclic) bond motifs is 1. The molecule has 3 N–H and O–H groups in total. The van der Waals surface area contributed by atoms with Crippen LogP contribution in [0.3, 0.4) is 0 Å². The van der Waals surface area contributed by atoms with Crippen molar-refractivity contribution in [1.82, 2.24) is 19.1 Å². The van der Waals surface area contributed by atoms with Crippen molar-refractivity contribution in [2.24, 2.45) is 19.2 Å². The molecule has 1 aromatic carbocycles. The van der Waals surface area contributed by atoms with Crippen LogP contribution >= 0.6 is 0 Å². The van der Waals surface area contributed by atoms with Crippen LogP contribution in [0.25, 0.3) is 11.2 Å². The number of benzene rings is 1. The normalized spacial score (nSPS) is 11.6. The smallest absolute Gasteiger partial charge is 0.356 e. The third-order valence-electron chi connectivity index (χ3n) is 3.93. The van der Waals surface area contributed by atoms with Crippen molar-refractivity contribution in [3.05, 3.63) is 50.7 Å². The van der Waals surface area contributed by atoms with Gasteiger partial charge in [0.2, 0.25) is 5.95 Å². The quantitative estimate of drug-likeness (QED) is 0.418. The lowest BCUT2D eigenvalue weighted by Crippen LogP contribution is -2.36. The maximum absolute atomic E-state index is 12.2. The average Bonchev–Trinajstić information content (AvgIpc) is 3.09. The van der Waals surface area contributed by atoms with Crippen molar-refractivity contribution >= 4 is 28.8 Å². The molecule has 0 spiro atoms. The third kappa shape index (κ3) is 3.17. The predicted molar refractivity (Wildman–Crippen MR) is 97.4 cm³/mol. The van der Waals surface area contributed by atoms with E-state index in [4.69, 9.17) is 4.74 Å². The SMILES string of the molecule is COc1ccc(/C(=N/Nc2nc3c([nH]2)c(=O)n(C)c(=O)n3C)C(=O)O)cc1.